The zero-order valence-corrected chi connectivity index (χ0v) is 13.3. The van der Waals surface area contributed by atoms with Gasteiger partial charge in [-0.2, -0.15) is 0 Å². The molecule has 0 saturated heterocycles. The molecule has 1 heterocycles. The number of esters is 1. The van der Waals surface area contributed by atoms with Crippen molar-refractivity contribution >= 4 is 29.2 Å². The second-order valence-electron chi connectivity index (χ2n) is 5.07. The van der Waals surface area contributed by atoms with Crippen molar-refractivity contribution < 1.29 is 28.5 Å². The number of hydrogen-bond donors (Lipinski definition) is 1. The summed E-state index contributed by atoms with van der Waals surface area (Å²) in [5.41, 5.74) is 0.791. The summed E-state index contributed by atoms with van der Waals surface area (Å²) < 4.78 is 9.61. The number of amides is 1. The van der Waals surface area contributed by atoms with E-state index >= 15 is 0 Å². The van der Waals surface area contributed by atoms with Crippen molar-refractivity contribution in [2.75, 3.05) is 5.32 Å². The van der Waals surface area contributed by atoms with Crippen molar-refractivity contribution in [2.24, 2.45) is 0 Å². The molecule has 0 radical (unpaired) electrons. The lowest BCUT2D eigenvalue weighted by molar-refractivity contribution is -0.402. The maximum absolute atomic E-state index is 12.1. The number of carbonyl (C=O) groups is 3. The molecule has 1 unspecified atom stereocenters. The smallest absolute Gasteiger partial charge is 0.433 e. The van der Waals surface area contributed by atoms with Gasteiger partial charge >= 0.3 is 11.9 Å². The van der Waals surface area contributed by atoms with E-state index in [-0.39, 0.29) is 11.5 Å². The highest BCUT2D eigenvalue weighted by Crippen LogP contribution is 2.17. The first-order valence-electron chi connectivity index (χ1n) is 7.15. The van der Waals surface area contributed by atoms with Crippen LogP contribution < -0.4 is 5.32 Å². The molecule has 0 bridgehead atoms. The van der Waals surface area contributed by atoms with Crippen molar-refractivity contribution in [3.8, 4) is 0 Å². The molecule has 0 aliphatic rings. The van der Waals surface area contributed by atoms with Crippen molar-refractivity contribution in [1.29, 1.82) is 0 Å². The molecule has 0 fully saturated rings. The van der Waals surface area contributed by atoms with Crippen LogP contribution in [0.1, 0.15) is 34.8 Å². The van der Waals surface area contributed by atoms with E-state index in [0.717, 1.165) is 12.1 Å². The van der Waals surface area contributed by atoms with Crippen LogP contribution in [0.5, 0.6) is 0 Å². The molecule has 0 aliphatic heterocycles. The minimum Gasteiger partial charge on any atom is -0.447 e. The summed E-state index contributed by atoms with van der Waals surface area (Å²) in [6, 6.07) is 8.37. The van der Waals surface area contributed by atoms with Gasteiger partial charge in [-0.25, -0.2) is 4.79 Å². The van der Waals surface area contributed by atoms with Gasteiger partial charge in [0.2, 0.25) is 5.76 Å². The number of nitro groups is 1. The number of rotatable bonds is 6. The largest absolute Gasteiger partial charge is 0.447 e. The van der Waals surface area contributed by atoms with E-state index in [1.54, 1.807) is 18.2 Å². The Morgan fingerprint density at radius 2 is 1.96 bits per heavy atom. The first kappa shape index (κ1) is 17.9. The Morgan fingerprint density at radius 1 is 1.24 bits per heavy atom. The van der Waals surface area contributed by atoms with Crippen molar-refractivity contribution in [3.05, 3.63) is 57.8 Å². The lowest BCUT2D eigenvalue weighted by Crippen LogP contribution is -2.29. The van der Waals surface area contributed by atoms with Gasteiger partial charge in [0.15, 0.2) is 11.9 Å². The van der Waals surface area contributed by atoms with Crippen LogP contribution >= 0.6 is 0 Å². The van der Waals surface area contributed by atoms with Crippen LogP contribution in [0.2, 0.25) is 0 Å². The molecule has 9 heteroatoms. The number of hydrogen-bond acceptors (Lipinski definition) is 7. The molecule has 0 saturated carbocycles. The summed E-state index contributed by atoms with van der Waals surface area (Å²) in [6.45, 7) is 2.73. The van der Waals surface area contributed by atoms with Gasteiger partial charge in [0.25, 0.3) is 5.91 Å². The third-order valence-electron chi connectivity index (χ3n) is 3.16. The molecule has 1 amide bonds. The van der Waals surface area contributed by atoms with Gasteiger partial charge < -0.3 is 14.5 Å². The molecule has 2 aromatic rings. The average molecular weight is 346 g/mol. The SMILES string of the molecule is CC(=O)c1cccc(NC(=O)C(C)OC(=O)c2ccc([N+](=O)[O-])o2)c1. The quantitative estimate of drug-likeness (QED) is 0.368. The number of Topliss-reactive ketones (excluding diaryl/α,β-unsaturated/α-hetero) is 1. The molecule has 130 valence electrons. The van der Waals surface area contributed by atoms with Gasteiger partial charge in [0.1, 0.15) is 4.92 Å². The normalized spacial score (nSPS) is 11.4. The van der Waals surface area contributed by atoms with E-state index in [9.17, 15) is 24.5 Å². The number of benzene rings is 1. The van der Waals surface area contributed by atoms with Crippen molar-refractivity contribution in [2.45, 2.75) is 20.0 Å². The van der Waals surface area contributed by atoms with Gasteiger partial charge in [0, 0.05) is 11.3 Å². The Kier molecular flexibility index (Phi) is 5.28. The molecule has 1 aromatic carbocycles. The number of ketones is 1. The average Bonchev–Trinajstić information content (AvgIpc) is 3.05. The summed E-state index contributed by atoms with van der Waals surface area (Å²) in [4.78, 5) is 44.9. The molecular formula is C16H14N2O7. The topological polar surface area (TPSA) is 129 Å². The number of anilines is 1. The lowest BCUT2D eigenvalue weighted by Gasteiger charge is -2.13. The van der Waals surface area contributed by atoms with Gasteiger partial charge in [-0.05, 0) is 32.0 Å². The second-order valence-corrected chi connectivity index (χ2v) is 5.07. The number of nitrogens with one attached hydrogen (secondary N) is 1. The van der Waals surface area contributed by atoms with Crippen molar-refractivity contribution in [1.82, 2.24) is 0 Å². The fourth-order valence-electron chi connectivity index (χ4n) is 1.87. The molecule has 1 aromatic heterocycles. The fraction of sp³-hybridized carbons (Fsp3) is 0.188. The highest BCUT2D eigenvalue weighted by Gasteiger charge is 2.23. The number of furan rings is 1. The van der Waals surface area contributed by atoms with Crippen LogP contribution in [0.4, 0.5) is 11.6 Å². The summed E-state index contributed by atoms with van der Waals surface area (Å²) in [6.07, 6.45) is -1.18. The first-order chi connectivity index (χ1) is 11.8. The second kappa shape index (κ2) is 7.39. The summed E-state index contributed by atoms with van der Waals surface area (Å²) in [5, 5.41) is 13.0. The Balaban J connectivity index is 1.99. The lowest BCUT2D eigenvalue weighted by atomic mass is 10.1. The van der Waals surface area contributed by atoms with E-state index in [4.69, 9.17) is 9.15 Å². The van der Waals surface area contributed by atoms with Crippen LogP contribution in [0.25, 0.3) is 0 Å². The summed E-state index contributed by atoms with van der Waals surface area (Å²) in [5.74, 6) is -2.78. The number of ether oxygens (including phenoxy) is 1. The van der Waals surface area contributed by atoms with Crippen LogP contribution in [0.15, 0.2) is 40.8 Å². The van der Waals surface area contributed by atoms with E-state index in [1.807, 2.05) is 0 Å². The third kappa shape index (κ3) is 4.50. The van der Waals surface area contributed by atoms with Gasteiger partial charge in [-0.3, -0.25) is 19.7 Å². The first-order valence-corrected chi connectivity index (χ1v) is 7.15. The summed E-state index contributed by atoms with van der Waals surface area (Å²) in [7, 11) is 0. The number of carbonyl (C=O) groups excluding carboxylic acids is 3. The van der Waals surface area contributed by atoms with Crippen LogP contribution in [0.3, 0.4) is 0 Å². The molecule has 0 spiro atoms. The molecule has 1 atom stereocenters. The highest BCUT2D eigenvalue weighted by molar-refractivity contribution is 5.99. The van der Waals surface area contributed by atoms with E-state index in [1.165, 1.54) is 19.9 Å². The molecule has 9 nitrogen and oxygen atoms in total. The van der Waals surface area contributed by atoms with E-state index in [2.05, 4.69) is 5.32 Å². The Labute approximate surface area is 141 Å². The Hall–Kier alpha value is -3.49. The van der Waals surface area contributed by atoms with Crippen LogP contribution in [-0.4, -0.2) is 28.7 Å². The standard InChI is InChI=1S/C16H14N2O7/c1-9(19)11-4-3-5-12(8-11)17-15(20)10(2)24-16(21)13-6-7-14(25-13)18(22)23/h3-8,10H,1-2H3,(H,17,20). The van der Waals surface area contributed by atoms with Crippen LogP contribution in [0, 0.1) is 10.1 Å². The molecular weight excluding hydrogens is 332 g/mol. The fourth-order valence-corrected chi connectivity index (χ4v) is 1.87. The predicted octanol–water partition coefficient (Wildman–Crippen LogP) is 2.57. The minimum atomic E-state index is -1.18. The zero-order chi connectivity index (χ0) is 18.6. The molecule has 0 aliphatic carbocycles. The van der Waals surface area contributed by atoms with Crippen molar-refractivity contribution in [3.63, 3.8) is 0 Å². The predicted molar refractivity (Wildman–Crippen MR) is 85.3 cm³/mol. The number of nitrogens with zero attached hydrogens (tertiary/aromatic N) is 1. The third-order valence-corrected chi connectivity index (χ3v) is 3.16. The van der Waals surface area contributed by atoms with Crippen LogP contribution in [-0.2, 0) is 9.53 Å². The maximum Gasteiger partial charge on any atom is 0.433 e. The Morgan fingerprint density at radius 3 is 2.56 bits per heavy atom. The minimum absolute atomic E-state index is 0.157. The highest BCUT2D eigenvalue weighted by atomic mass is 16.7. The van der Waals surface area contributed by atoms with Gasteiger partial charge in [0.05, 0.1) is 6.07 Å². The van der Waals surface area contributed by atoms with E-state index in [0.29, 0.717) is 11.3 Å². The summed E-state index contributed by atoms with van der Waals surface area (Å²) >= 11 is 0. The molecule has 2 rings (SSSR count). The monoisotopic (exact) mass is 346 g/mol. The zero-order valence-electron chi connectivity index (χ0n) is 13.3. The van der Waals surface area contributed by atoms with Gasteiger partial charge in [-0.1, -0.05) is 12.1 Å². The maximum atomic E-state index is 12.1. The Bertz CT molecular complexity index is 841. The van der Waals surface area contributed by atoms with E-state index < -0.39 is 28.8 Å². The van der Waals surface area contributed by atoms with Gasteiger partial charge in [-0.15, -0.1) is 0 Å². The molecule has 1 N–H and O–H groups in total. The molecule has 25 heavy (non-hydrogen) atoms.